The minimum atomic E-state index is -1.41. The Morgan fingerprint density at radius 2 is 1.62 bits per heavy atom. The lowest BCUT2D eigenvalue weighted by molar-refractivity contribution is -0.156. The zero-order valence-electron chi connectivity index (χ0n) is 11.3. The number of hydrogen-bond donors (Lipinski definition) is 3. The van der Waals surface area contributed by atoms with Crippen molar-refractivity contribution in [1.29, 1.82) is 0 Å². The fourth-order valence-electron chi connectivity index (χ4n) is 2.81. The third-order valence-electron chi connectivity index (χ3n) is 3.68. The van der Waals surface area contributed by atoms with E-state index in [1.54, 1.807) is 6.92 Å². The summed E-state index contributed by atoms with van der Waals surface area (Å²) in [6.45, 7) is 11.0. The lowest BCUT2D eigenvalue weighted by Gasteiger charge is -2.52. The van der Waals surface area contributed by atoms with Gasteiger partial charge in [0, 0.05) is 0 Å². The first kappa shape index (κ1) is 15.8. The van der Waals surface area contributed by atoms with Crippen LogP contribution in [0.4, 0.5) is 0 Å². The molecule has 0 aliphatic carbocycles. The van der Waals surface area contributed by atoms with Gasteiger partial charge in [-0.2, -0.15) is 0 Å². The average Bonchev–Trinajstić information content (AvgIpc) is 2.22. The highest BCUT2D eigenvalue weighted by Crippen LogP contribution is 2.33. The Hall–Kier alpha value is -0.160. The molecule has 0 fully saturated rings. The Bertz CT molecular complexity index is 200. The molecule has 16 heavy (non-hydrogen) atoms. The summed E-state index contributed by atoms with van der Waals surface area (Å²) in [5, 5.41) is 20.5. The van der Waals surface area contributed by atoms with Crippen molar-refractivity contribution in [3.05, 3.63) is 0 Å². The lowest BCUT2D eigenvalue weighted by Crippen LogP contribution is -2.72. The number of nitrogens with zero attached hydrogens (tertiary/aromatic N) is 1. The highest BCUT2D eigenvalue weighted by Gasteiger charge is 2.51. The fourth-order valence-corrected chi connectivity index (χ4v) is 2.81. The van der Waals surface area contributed by atoms with E-state index in [1.807, 2.05) is 27.7 Å². The number of nitrogens with two attached hydrogens (primary N) is 1. The number of hydrogen-bond acceptors (Lipinski definition) is 4. The average molecular weight is 232 g/mol. The van der Waals surface area contributed by atoms with Crippen molar-refractivity contribution in [2.75, 3.05) is 13.1 Å². The quantitative estimate of drug-likeness (QED) is 0.571. The van der Waals surface area contributed by atoms with Crippen LogP contribution in [0.1, 0.15) is 47.5 Å². The molecule has 0 amide bonds. The normalized spacial score (nSPS) is 21.6. The Morgan fingerprint density at radius 1 is 1.19 bits per heavy atom. The molecule has 0 radical (unpaired) electrons. The minimum absolute atomic E-state index is 0.581. The van der Waals surface area contributed by atoms with E-state index in [9.17, 15) is 10.2 Å². The zero-order valence-corrected chi connectivity index (χ0v) is 11.3. The second kappa shape index (κ2) is 5.96. The van der Waals surface area contributed by atoms with Gasteiger partial charge in [-0.3, -0.25) is 4.90 Å². The number of likely N-dealkylation sites (N-methyl/N-ethyl adjacent to an activating group) is 1. The highest BCUT2D eigenvalue weighted by atomic mass is 16.3. The van der Waals surface area contributed by atoms with E-state index in [-0.39, 0.29) is 0 Å². The molecule has 0 aromatic rings. The van der Waals surface area contributed by atoms with Crippen molar-refractivity contribution in [1.82, 2.24) is 4.90 Å². The Morgan fingerprint density at radius 3 is 1.81 bits per heavy atom. The Labute approximate surface area is 99.4 Å². The molecular weight excluding hydrogens is 204 g/mol. The van der Waals surface area contributed by atoms with Gasteiger partial charge in [-0.25, -0.2) is 0 Å². The lowest BCUT2D eigenvalue weighted by atomic mass is 9.77. The van der Waals surface area contributed by atoms with E-state index in [2.05, 4.69) is 4.90 Å². The van der Waals surface area contributed by atoms with Crippen LogP contribution in [0, 0.1) is 0 Å². The Kier molecular flexibility index (Phi) is 5.90. The summed E-state index contributed by atoms with van der Waals surface area (Å²) in [5.74, 6) is 0. The zero-order chi connectivity index (χ0) is 13.0. The fraction of sp³-hybridized carbons (Fsp3) is 1.00. The Balaban J connectivity index is 5.44. The van der Waals surface area contributed by atoms with Crippen molar-refractivity contribution in [3.63, 3.8) is 0 Å². The van der Waals surface area contributed by atoms with E-state index in [1.165, 1.54) is 0 Å². The first-order valence-electron chi connectivity index (χ1n) is 6.26. The van der Waals surface area contributed by atoms with Crippen LogP contribution in [0.15, 0.2) is 0 Å². The molecule has 0 aliphatic heterocycles. The van der Waals surface area contributed by atoms with Gasteiger partial charge in [0.05, 0.1) is 11.6 Å². The van der Waals surface area contributed by atoms with Crippen molar-refractivity contribution < 1.29 is 10.2 Å². The van der Waals surface area contributed by atoms with E-state index in [0.29, 0.717) is 12.8 Å². The summed E-state index contributed by atoms with van der Waals surface area (Å²) >= 11 is 0. The predicted molar refractivity (Wildman–Crippen MR) is 67.1 cm³/mol. The highest BCUT2D eigenvalue weighted by molar-refractivity contribution is 5.05. The van der Waals surface area contributed by atoms with Crippen LogP contribution >= 0.6 is 0 Å². The molecule has 4 N–H and O–H groups in total. The molecule has 0 aliphatic rings. The molecule has 3 atom stereocenters. The standard InChI is InChI=1S/C12H28N2O2/c1-6-10(15)12(7-2,11(5,13)16)14(8-3)9-4/h10,15-16H,6-9,13H2,1-5H3. The van der Waals surface area contributed by atoms with Crippen LogP contribution in [0.2, 0.25) is 0 Å². The molecule has 0 heterocycles. The SMILES string of the molecule is CCC(O)C(CC)(N(CC)CC)C(C)(N)O. The number of rotatable bonds is 7. The summed E-state index contributed by atoms with van der Waals surface area (Å²) in [7, 11) is 0. The summed E-state index contributed by atoms with van der Waals surface area (Å²) in [4.78, 5) is 2.06. The molecule has 98 valence electrons. The first-order chi connectivity index (χ1) is 7.31. The third-order valence-corrected chi connectivity index (χ3v) is 3.68. The molecule has 0 aromatic carbocycles. The van der Waals surface area contributed by atoms with Gasteiger partial charge in [-0.15, -0.1) is 0 Å². The summed E-state index contributed by atoms with van der Waals surface area (Å²) in [5.41, 5.74) is 3.72. The third kappa shape index (κ3) is 2.56. The molecule has 0 rings (SSSR count). The largest absolute Gasteiger partial charge is 0.391 e. The molecule has 3 unspecified atom stereocenters. The van der Waals surface area contributed by atoms with Crippen molar-refractivity contribution in [3.8, 4) is 0 Å². The second-order valence-electron chi connectivity index (χ2n) is 4.52. The summed E-state index contributed by atoms with van der Waals surface area (Å²) < 4.78 is 0. The van der Waals surface area contributed by atoms with Gasteiger partial charge in [0.1, 0.15) is 5.72 Å². The van der Waals surface area contributed by atoms with Crippen LogP contribution in [0.25, 0.3) is 0 Å². The van der Waals surface area contributed by atoms with Crippen molar-refractivity contribution >= 4 is 0 Å². The van der Waals surface area contributed by atoms with Crippen LogP contribution in [-0.2, 0) is 0 Å². The van der Waals surface area contributed by atoms with Crippen LogP contribution < -0.4 is 5.73 Å². The van der Waals surface area contributed by atoms with E-state index < -0.39 is 17.4 Å². The molecule has 0 saturated heterocycles. The summed E-state index contributed by atoms with van der Waals surface area (Å²) in [6, 6.07) is 0. The summed E-state index contributed by atoms with van der Waals surface area (Å²) in [6.07, 6.45) is 0.572. The maximum Gasteiger partial charge on any atom is 0.131 e. The predicted octanol–water partition coefficient (Wildman–Crippen LogP) is 0.915. The van der Waals surface area contributed by atoms with E-state index >= 15 is 0 Å². The van der Waals surface area contributed by atoms with Gasteiger partial charge in [0.2, 0.25) is 0 Å². The molecule has 0 aromatic heterocycles. The van der Waals surface area contributed by atoms with Gasteiger partial charge in [-0.1, -0.05) is 27.7 Å². The minimum Gasteiger partial charge on any atom is -0.391 e. The topological polar surface area (TPSA) is 69.7 Å². The van der Waals surface area contributed by atoms with Crippen LogP contribution in [-0.4, -0.2) is 45.6 Å². The molecule has 0 spiro atoms. The van der Waals surface area contributed by atoms with Gasteiger partial charge >= 0.3 is 0 Å². The maximum atomic E-state index is 10.3. The maximum absolute atomic E-state index is 10.3. The molecule has 0 bridgehead atoms. The first-order valence-corrected chi connectivity index (χ1v) is 6.26. The van der Waals surface area contributed by atoms with Crippen molar-refractivity contribution in [2.24, 2.45) is 5.73 Å². The molecule has 4 heteroatoms. The second-order valence-corrected chi connectivity index (χ2v) is 4.52. The molecule has 0 saturated carbocycles. The van der Waals surface area contributed by atoms with Gasteiger partial charge in [0.25, 0.3) is 0 Å². The van der Waals surface area contributed by atoms with E-state index in [4.69, 9.17) is 5.73 Å². The van der Waals surface area contributed by atoms with Crippen LogP contribution in [0.5, 0.6) is 0 Å². The number of aliphatic hydroxyl groups is 2. The molecule has 4 nitrogen and oxygen atoms in total. The van der Waals surface area contributed by atoms with E-state index in [0.717, 1.165) is 13.1 Å². The number of aliphatic hydroxyl groups excluding tert-OH is 1. The monoisotopic (exact) mass is 232 g/mol. The van der Waals surface area contributed by atoms with Crippen LogP contribution in [0.3, 0.4) is 0 Å². The van der Waals surface area contributed by atoms with Crippen molar-refractivity contribution in [2.45, 2.75) is 64.8 Å². The smallest absolute Gasteiger partial charge is 0.131 e. The van der Waals surface area contributed by atoms with Gasteiger partial charge < -0.3 is 15.9 Å². The molecular formula is C12H28N2O2. The van der Waals surface area contributed by atoms with Gasteiger partial charge in [-0.05, 0) is 32.9 Å². The van der Waals surface area contributed by atoms with Gasteiger partial charge in [0.15, 0.2) is 0 Å².